The molecule has 3 aliphatic heterocycles. The Morgan fingerprint density at radius 3 is 2.54 bits per heavy atom. The van der Waals surface area contributed by atoms with E-state index < -0.39 is 41.1 Å². The number of aliphatic hydroxyl groups is 1. The number of esters is 1. The smallest absolute Gasteiger partial charge is 0.313 e. The summed E-state index contributed by atoms with van der Waals surface area (Å²) < 4.78 is 12.3. The maximum Gasteiger partial charge on any atom is 0.313 e. The first-order valence-electron chi connectivity index (χ1n) is 14.5. The summed E-state index contributed by atoms with van der Waals surface area (Å²) in [5.74, 6) is -3.06. The Morgan fingerprint density at radius 2 is 1.90 bits per heavy atom. The molecule has 0 radical (unpaired) electrons. The van der Waals surface area contributed by atoms with Crippen LogP contribution >= 0.6 is 0 Å². The van der Waals surface area contributed by atoms with Crippen LogP contribution in [0.15, 0.2) is 67.8 Å². The lowest BCUT2D eigenvalue weighted by molar-refractivity contribution is -0.161. The average molecular weight is 561 g/mol. The molecule has 0 aromatic heterocycles. The molecule has 3 heterocycles. The molecule has 6 atom stereocenters. The summed E-state index contributed by atoms with van der Waals surface area (Å²) in [6.45, 7) is 13.2. The van der Waals surface area contributed by atoms with Crippen molar-refractivity contribution < 1.29 is 29.0 Å². The fourth-order valence-electron chi connectivity index (χ4n) is 7.45. The maximum atomic E-state index is 14.8. The first-order chi connectivity index (χ1) is 19.7. The third-order valence-electron chi connectivity index (χ3n) is 9.39. The molecule has 218 valence electrons. The van der Waals surface area contributed by atoms with Crippen molar-refractivity contribution in [3.05, 3.63) is 67.8 Å². The maximum absolute atomic E-state index is 14.8. The summed E-state index contributed by atoms with van der Waals surface area (Å²) in [7, 11) is 0. The summed E-state index contributed by atoms with van der Waals surface area (Å²) in [4.78, 5) is 45.9. The standard InChI is InChI=1S/C33H40N2O6/c1-6-17-34(24-14-13-22-11-9-10-12-23(22)19-24)30(38)28-33-16-15-32(8-3,41-33)27(31(39)40-18-7-2)26(33)29(37)35(28)25(20-36)21(4)5/h6-7,9-14,19,21,25-28,36H,1-2,8,15-18,20H2,3-5H3/t25-,26-,27-,28?,32+,33?/m0/s1. The minimum Gasteiger partial charge on any atom is -0.461 e. The molecule has 5 rings (SSSR count). The van der Waals surface area contributed by atoms with E-state index >= 15 is 0 Å². The number of carbonyl (C=O) groups is 3. The van der Waals surface area contributed by atoms with Gasteiger partial charge in [-0.3, -0.25) is 14.4 Å². The normalized spacial score (nSPS) is 29.0. The average Bonchev–Trinajstić information content (AvgIpc) is 3.58. The van der Waals surface area contributed by atoms with E-state index in [1.54, 1.807) is 11.0 Å². The Labute approximate surface area is 241 Å². The van der Waals surface area contributed by atoms with Gasteiger partial charge in [0, 0.05) is 12.2 Å². The molecular weight excluding hydrogens is 520 g/mol. The minimum atomic E-state index is -1.22. The van der Waals surface area contributed by atoms with Crippen molar-refractivity contribution in [1.82, 2.24) is 4.90 Å². The van der Waals surface area contributed by atoms with E-state index in [9.17, 15) is 19.5 Å². The fraction of sp³-hybridized carbons (Fsp3) is 0.485. The van der Waals surface area contributed by atoms with Crippen LogP contribution in [0.3, 0.4) is 0 Å². The molecule has 2 amide bonds. The van der Waals surface area contributed by atoms with E-state index in [2.05, 4.69) is 13.2 Å². The van der Waals surface area contributed by atoms with Gasteiger partial charge in [0.2, 0.25) is 5.91 Å². The van der Waals surface area contributed by atoms with E-state index in [1.807, 2.05) is 63.2 Å². The summed E-state index contributed by atoms with van der Waals surface area (Å²) in [6, 6.07) is 12.0. The molecule has 0 aliphatic carbocycles. The van der Waals surface area contributed by atoms with Crippen LogP contribution < -0.4 is 4.90 Å². The van der Waals surface area contributed by atoms with Gasteiger partial charge in [-0.1, -0.05) is 69.8 Å². The van der Waals surface area contributed by atoms with Gasteiger partial charge in [0.15, 0.2) is 0 Å². The van der Waals surface area contributed by atoms with Gasteiger partial charge < -0.3 is 24.4 Å². The van der Waals surface area contributed by atoms with Crippen molar-refractivity contribution in [2.75, 3.05) is 24.7 Å². The number of carbonyl (C=O) groups excluding carboxylic acids is 3. The van der Waals surface area contributed by atoms with Gasteiger partial charge in [-0.2, -0.15) is 0 Å². The molecular formula is C33H40N2O6. The Kier molecular flexibility index (Phi) is 7.83. The molecule has 8 nitrogen and oxygen atoms in total. The predicted octanol–water partition coefficient (Wildman–Crippen LogP) is 4.26. The van der Waals surface area contributed by atoms with E-state index in [0.29, 0.717) is 24.9 Å². The van der Waals surface area contributed by atoms with Crippen molar-refractivity contribution in [3.8, 4) is 0 Å². The molecule has 8 heteroatoms. The zero-order chi connectivity index (χ0) is 29.5. The monoisotopic (exact) mass is 560 g/mol. The van der Waals surface area contributed by atoms with Crippen molar-refractivity contribution in [2.45, 2.75) is 63.3 Å². The lowest BCUT2D eigenvalue weighted by atomic mass is 9.65. The van der Waals surface area contributed by atoms with Crippen LogP contribution in [0.25, 0.3) is 10.8 Å². The molecule has 2 bridgehead atoms. The second kappa shape index (κ2) is 11.1. The summed E-state index contributed by atoms with van der Waals surface area (Å²) in [5, 5.41) is 12.5. The van der Waals surface area contributed by atoms with Crippen LogP contribution in [0.2, 0.25) is 0 Å². The molecule has 2 aromatic carbocycles. The number of benzene rings is 2. The Hall–Kier alpha value is -3.49. The highest BCUT2D eigenvalue weighted by Crippen LogP contribution is 2.65. The number of nitrogens with zero attached hydrogens (tertiary/aromatic N) is 2. The van der Waals surface area contributed by atoms with Crippen LogP contribution in [0.5, 0.6) is 0 Å². The molecule has 2 aromatic rings. The number of ether oxygens (including phenoxy) is 2. The van der Waals surface area contributed by atoms with Crippen LogP contribution in [0, 0.1) is 17.8 Å². The number of anilines is 1. The first kappa shape index (κ1) is 29.0. The van der Waals surface area contributed by atoms with E-state index in [0.717, 1.165) is 10.8 Å². The van der Waals surface area contributed by atoms with Gasteiger partial charge in [0.1, 0.15) is 24.2 Å². The number of amides is 2. The number of aliphatic hydroxyl groups excluding tert-OH is 1. The van der Waals surface area contributed by atoms with Crippen molar-refractivity contribution >= 4 is 34.2 Å². The molecule has 41 heavy (non-hydrogen) atoms. The molecule has 3 fully saturated rings. The zero-order valence-corrected chi connectivity index (χ0v) is 24.1. The second-order valence-electron chi connectivity index (χ2n) is 11.8. The lowest BCUT2D eigenvalue weighted by Gasteiger charge is -2.40. The Balaban J connectivity index is 1.65. The fourth-order valence-corrected chi connectivity index (χ4v) is 7.45. The van der Waals surface area contributed by atoms with Crippen LogP contribution in [0.4, 0.5) is 5.69 Å². The molecule has 3 saturated heterocycles. The highest BCUT2D eigenvalue weighted by Gasteiger charge is 2.79. The predicted molar refractivity (Wildman–Crippen MR) is 157 cm³/mol. The van der Waals surface area contributed by atoms with Crippen LogP contribution in [-0.2, 0) is 23.9 Å². The highest BCUT2D eigenvalue weighted by atomic mass is 16.6. The number of fused-ring (bicyclic) bond motifs is 2. The third-order valence-corrected chi connectivity index (χ3v) is 9.39. The number of hydrogen-bond donors (Lipinski definition) is 1. The number of hydrogen-bond acceptors (Lipinski definition) is 6. The van der Waals surface area contributed by atoms with Crippen LogP contribution in [-0.4, -0.2) is 70.8 Å². The lowest BCUT2D eigenvalue weighted by Crippen LogP contribution is -2.60. The van der Waals surface area contributed by atoms with E-state index in [-0.39, 0.29) is 37.5 Å². The van der Waals surface area contributed by atoms with Crippen molar-refractivity contribution in [3.63, 3.8) is 0 Å². The van der Waals surface area contributed by atoms with Crippen molar-refractivity contribution in [2.24, 2.45) is 17.8 Å². The molecule has 1 spiro atoms. The van der Waals surface area contributed by atoms with E-state index in [4.69, 9.17) is 9.47 Å². The minimum absolute atomic E-state index is 0.0233. The molecule has 3 aliphatic rings. The summed E-state index contributed by atoms with van der Waals surface area (Å²) >= 11 is 0. The van der Waals surface area contributed by atoms with Crippen molar-refractivity contribution in [1.29, 1.82) is 0 Å². The van der Waals surface area contributed by atoms with Crippen LogP contribution in [0.1, 0.15) is 40.0 Å². The Bertz CT molecular complexity index is 1370. The molecule has 0 saturated carbocycles. The quantitative estimate of drug-likeness (QED) is 0.326. The highest BCUT2D eigenvalue weighted by molar-refractivity contribution is 6.05. The third kappa shape index (κ3) is 4.39. The summed E-state index contributed by atoms with van der Waals surface area (Å²) in [6.07, 6.45) is 4.63. The Morgan fingerprint density at radius 1 is 1.17 bits per heavy atom. The number of rotatable bonds is 11. The van der Waals surface area contributed by atoms with Gasteiger partial charge in [0.25, 0.3) is 5.91 Å². The molecule has 1 N–H and O–H groups in total. The van der Waals surface area contributed by atoms with E-state index in [1.165, 1.54) is 11.0 Å². The number of likely N-dealkylation sites (tertiary alicyclic amines) is 1. The van der Waals surface area contributed by atoms with Gasteiger partial charge >= 0.3 is 5.97 Å². The second-order valence-corrected chi connectivity index (χ2v) is 11.8. The van der Waals surface area contributed by atoms with Gasteiger partial charge in [-0.25, -0.2) is 0 Å². The first-order valence-corrected chi connectivity index (χ1v) is 14.5. The SMILES string of the molecule is C=CCOC(=O)[C@@H]1[C@H]2C(=O)N([C@@H](CO)C(C)C)C(C(=O)N(CC=C)c3ccc4ccccc4c3)C23CC[C@@]1(CC)O3. The molecule has 2 unspecified atom stereocenters. The van der Waals surface area contributed by atoms with Gasteiger partial charge in [-0.15, -0.1) is 6.58 Å². The topological polar surface area (TPSA) is 96.4 Å². The largest absolute Gasteiger partial charge is 0.461 e. The van der Waals surface area contributed by atoms with Gasteiger partial charge in [-0.05, 0) is 48.1 Å². The van der Waals surface area contributed by atoms with Gasteiger partial charge in [0.05, 0.1) is 24.2 Å². The summed E-state index contributed by atoms with van der Waals surface area (Å²) in [5.41, 5.74) is -1.45. The zero-order valence-electron chi connectivity index (χ0n) is 24.1.